The molecule has 0 bridgehead atoms. The monoisotopic (exact) mass is 322 g/mol. The van der Waals surface area contributed by atoms with Crippen molar-refractivity contribution in [2.75, 3.05) is 18.5 Å². The number of unbranched alkanes of at least 4 members (excludes halogenated alkanes) is 1. The molecule has 0 saturated heterocycles. The second-order valence-electron chi connectivity index (χ2n) is 4.64. The number of hydrogen-bond donors (Lipinski definition) is 1. The van der Waals surface area contributed by atoms with E-state index >= 15 is 0 Å². The van der Waals surface area contributed by atoms with Gasteiger partial charge in [0, 0.05) is 12.2 Å². The minimum Gasteiger partial charge on any atom is -0.494 e. The summed E-state index contributed by atoms with van der Waals surface area (Å²) in [7, 11) is 0. The van der Waals surface area contributed by atoms with E-state index in [9.17, 15) is 0 Å². The van der Waals surface area contributed by atoms with Gasteiger partial charge >= 0.3 is 0 Å². The van der Waals surface area contributed by atoms with E-state index in [1.54, 1.807) is 6.26 Å². The van der Waals surface area contributed by atoms with Crippen LogP contribution in [0.3, 0.4) is 0 Å². The Kier molecular flexibility index (Phi) is 8.15. The smallest absolute Gasteiger partial charge is 0.169 e. The fourth-order valence-corrected chi connectivity index (χ4v) is 1.88. The summed E-state index contributed by atoms with van der Waals surface area (Å²) in [5.74, 6) is 2.38. The zero-order valence-electron chi connectivity index (χ0n) is 13.0. The maximum atomic E-state index is 5.44. The predicted molar refractivity (Wildman–Crippen MR) is 93.5 cm³/mol. The first-order valence-corrected chi connectivity index (χ1v) is 7.41. The molecule has 4 nitrogen and oxygen atoms in total. The van der Waals surface area contributed by atoms with Crippen LogP contribution in [0.4, 0.5) is 5.69 Å². The van der Waals surface area contributed by atoms with E-state index in [0.29, 0.717) is 6.61 Å². The molecule has 0 fully saturated rings. The lowest BCUT2D eigenvalue weighted by atomic mass is 10.3. The Balaban J connectivity index is 0.00000242. The molecule has 0 radical (unpaired) electrons. The summed E-state index contributed by atoms with van der Waals surface area (Å²) in [5.41, 5.74) is 0.963. The van der Waals surface area contributed by atoms with Crippen LogP contribution in [0.15, 0.2) is 52.1 Å². The highest BCUT2D eigenvalue weighted by molar-refractivity contribution is 6.06. The number of benzene rings is 1. The molecule has 120 valence electrons. The fourth-order valence-electron chi connectivity index (χ4n) is 1.88. The van der Waals surface area contributed by atoms with Crippen LogP contribution < -0.4 is 10.1 Å². The average Bonchev–Trinajstić information content (AvgIpc) is 3.03. The molecule has 0 aliphatic carbocycles. The number of halogens is 1. The lowest BCUT2D eigenvalue weighted by Crippen LogP contribution is -2.13. The molecule has 0 unspecified atom stereocenters. The molecule has 1 N–H and O–H groups in total. The van der Waals surface area contributed by atoms with Crippen LogP contribution in [0, 0.1) is 0 Å². The van der Waals surface area contributed by atoms with Gasteiger partial charge in [-0.2, -0.15) is 0 Å². The maximum Gasteiger partial charge on any atom is 0.169 e. The van der Waals surface area contributed by atoms with Gasteiger partial charge in [-0.25, -0.2) is 0 Å². The Hall–Kier alpha value is -1.94. The highest BCUT2D eigenvalue weighted by atomic mass is 35.5. The third kappa shape index (κ3) is 5.45. The van der Waals surface area contributed by atoms with Crippen molar-refractivity contribution in [1.29, 1.82) is 0 Å². The highest BCUT2D eigenvalue weighted by Crippen LogP contribution is 2.17. The van der Waals surface area contributed by atoms with E-state index in [1.807, 2.05) is 43.3 Å². The Morgan fingerprint density at radius 1 is 1.18 bits per heavy atom. The first-order chi connectivity index (χ1) is 10.3. The molecule has 0 aliphatic heterocycles. The van der Waals surface area contributed by atoms with Gasteiger partial charge in [0.05, 0.1) is 12.9 Å². The van der Waals surface area contributed by atoms with Crippen molar-refractivity contribution in [3.8, 4) is 5.75 Å². The van der Waals surface area contributed by atoms with Gasteiger partial charge in [-0.15, -0.1) is 12.4 Å². The van der Waals surface area contributed by atoms with Gasteiger partial charge in [-0.3, -0.25) is 4.99 Å². The summed E-state index contributed by atoms with van der Waals surface area (Å²) in [6, 6.07) is 11.6. The van der Waals surface area contributed by atoms with Crippen molar-refractivity contribution < 1.29 is 9.15 Å². The molecule has 0 amide bonds. The average molecular weight is 323 g/mol. The van der Waals surface area contributed by atoms with Crippen molar-refractivity contribution in [2.45, 2.75) is 26.7 Å². The van der Waals surface area contributed by atoms with Crippen molar-refractivity contribution in [3.05, 3.63) is 48.4 Å². The topological polar surface area (TPSA) is 46.8 Å². The van der Waals surface area contributed by atoms with Gasteiger partial charge < -0.3 is 14.5 Å². The van der Waals surface area contributed by atoms with E-state index in [2.05, 4.69) is 17.2 Å². The normalized spacial score (nSPS) is 10.9. The molecule has 2 aromatic rings. The van der Waals surface area contributed by atoms with Gasteiger partial charge in [0.1, 0.15) is 5.75 Å². The summed E-state index contributed by atoms with van der Waals surface area (Å²) >= 11 is 0. The molecule has 2 rings (SSSR count). The molecule has 5 heteroatoms. The van der Waals surface area contributed by atoms with Crippen LogP contribution in [-0.2, 0) is 0 Å². The van der Waals surface area contributed by atoms with Crippen molar-refractivity contribution >= 4 is 23.9 Å². The van der Waals surface area contributed by atoms with Crippen LogP contribution in [0.25, 0.3) is 0 Å². The van der Waals surface area contributed by atoms with Crippen molar-refractivity contribution in [1.82, 2.24) is 0 Å². The summed E-state index contributed by atoms with van der Waals surface area (Å²) in [6.07, 6.45) is 3.84. The summed E-state index contributed by atoms with van der Waals surface area (Å²) < 4.78 is 10.9. The van der Waals surface area contributed by atoms with Gasteiger partial charge in [-0.1, -0.05) is 13.3 Å². The van der Waals surface area contributed by atoms with Gasteiger partial charge in [0.15, 0.2) is 11.6 Å². The number of anilines is 1. The van der Waals surface area contributed by atoms with E-state index < -0.39 is 0 Å². The lowest BCUT2D eigenvalue weighted by Gasteiger charge is -2.09. The van der Waals surface area contributed by atoms with Crippen molar-refractivity contribution in [2.24, 2.45) is 4.99 Å². The van der Waals surface area contributed by atoms with Crippen LogP contribution in [0.1, 0.15) is 32.4 Å². The Bertz CT molecular complexity index is 551. The van der Waals surface area contributed by atoms with Gasteiger partial charge in [0.25, 0.3) is 0 Å². The zero-order chi connectivity index (χ0) is 14.9. The molecule has 1 aromatic heterocycles. The summed E-state index contributed by atoms with van der Waals surface area (Å²) in [6.45, 7) is 5.59. The number of nitrogens with zero attached hydrogens (tertiary/aromatic N) is 1. The number of furan rings is 1. The number of nitrogens with one attached hydrogen (secondary N) is 1. The molecule has 0 spiro atoms. The molecular formula is C17H23ClN2O2. The first kappa shape index (κ1) is 18.1. The van der Waals surface area contributed by atoms with Crippen molar-refractivity contribution in [3.63, 3.8) is 0 Å². The minimum absolute atomic E-state index is 0. The van der Waals surface area contributed by atoms with Crippen LogP contribution >= 0.6 is 12.4 Å². The molecule has 0 atom stereocenters. The van der Waals surface area contributed by atoms with Gasteiger partial charge in [0.2, 0.25) is 0 Å². The summed E-state index contributed by atoms with van der Waals surface area (Å²) in [4.78, 5) is 4.59. The quantitative estimate of drug-likeness (QED) is 0.454. The number of hydrogen-bond acceptors (Lipinski definition) is 3. The minimum atomic E-state index is 0. The number of rotatable bonds is 7. The fraction of sp³-hybridized carbons (Fsp3) is 0.353. The largest absolute Gasteiger partial charge is 0.494 e. The summed E-state index contributed by atoms with van der Waals surface area (Å²) in [5, 5.41) is 3.31. The third-order valence-corrected chi connectivity index (χ3v) is 2.96. The third-order valence-electron chi connectivity index (χ3n) is 2.96. The van der Waals surface area contributed by atoms with Crippen LogP contribution in [-0.4, -0.2) is 19.0 Å². The first-order valence-electron chi connectivity index (χ1n) is 7.41. The van der Waals surface area contributed by atoms with E-state index in [4.69, 9.17) is 9.15 Å². The molecule has 1 heterocycles. The lowest BCUT2D eigenvalue weighted by molar-refractivity contribution is 0.340. The molecule has 22 heavy (non-hydrogen) atoms. The molecule has 0 saturated carbocycles. The second-order valence-corrected chi connectivity index (χ2v) is 4.64. The Morgan fingerprint density at radius 2 is 1.95 bits per heavy atom. The van der Waals surface area contributed by atoms with E-state index in [-0.39, 0.29) is 12.4 Å². The number of aliphatic imine (C=N–C) groups is 1. The van der Waals surface area contributed by atoms with E-state index in [1.165, 1.54) is 0 Å². The molecule has 0 aliphatic rings. The molecular weight excluding hydrogens is 300 g/mol. The second kappa shape index (κ2) is 9.90. The maximum absolute atomic E-state index is 5.44. The Labute approximate surface area is 138 Å². The van der Waals surface area contributed by atoms with Crippen LogP contribution in [0.2, 0.25) is 0 Å². The number of ether oxygens (including phenoxy) is 1. The van der Waals surface area contributed by atoms with Gasteiger partial charge in [-0.05, 0) is 49.7 Å². The standard InChI is InChI=1S/C17H22N2O2.ClH/c1-3-5-12-18-17(16-7-6-13-21-16)19-14-8-10-15(11-9-14)20-4-2;/h6-11,13H,3-5,12H2,1-2H3,(H,18,19);1H. The zero-order valence-corrected chi connectivity index (χ0v) is 13.9. The Morgan fingerprint density at radius 3 is 2.55 bits per heavy atom. The van der Waals surface area contributed by atoms with Crippen LogP contribution in [0.5, 0.6) is 5.75 Å². The molecule has 1 aromatic carbocycles. The SMILES string of the molecule is CCCCN=C(Nc1ccc(OCC)cc1)c1ccco1.Cl. The highest BCUT2D eigenvalue weighted by Gasteiger charge is 2.07. The number of amidine groups is 1. The van der Waals surface area contributed by atoms with E-state index in [0.717, 1.165) is 42.4 Å². The predicted octanol–water partition coefficient (Wildman–Crippen LogP) is 4.76.